The summed E-state index contributed by atoms with van der Waals surface area (Å²) in [4.78, 5) is 4.83. The van der Waals surface area contributed by atoms with Crippen LogP contribution in [0.5, 0.6) is 0 Å². The van der Waals surface area contributed by atoms with Crippen molar-refractivity contribution in [2.75, 3.05) is 0 Å². The second kappa shape index (κ2) is 4.95. The summed E-state index contributed by atoms with van der Waals surface area (Å²) in [5, 5.41) is 0.775. The smallest absolute Gasteiger partial charge is 0.0756 e. The topological polar surface area (TPSA) is 12.4 Å². The van der Waals surface area contributed by atoms with E-state index in [4.69, 9.17) is 16.6 Å². The minimum absolute atomic E-state index is 0.317. The Labute approximate surface area is 112 Å². The fraction of sp³-hybridized carbons (Fsp3) is 0.188. The molecule has 2 aromatic rings. The number of benzene rings is 2. The number of hydrogen-bond acceptors (Lipinski definition) is 1. The highest BCUT2D eigenvalue weighted by Gasteiger charge is 2.19. The van der Waals surface area contributed by atoms with Gasteiger partial charge in [0, 0.05) is 10.7 Å². The molecule has 0 N–H and O–H groups in total. The van der Waals surface area contributed by atoms with Gasteiger partial charge in [0.05, 0.1) is 6.04 Å². The van der Waals surface area contributed by atoms with Gasteiger partial charge in [-0.25, -0.2) is 0 Å². The van der Waals surface area contributed by atoms with Crippen LogP contribution >= 0.6 is 11.6 Å². The SMILES string of the molecule is Clc1ccc(C2=NC(c3ccccc3)CC2)cc1. The number of nitrogens with zero attached hydrogens (tertiary/aromatic N) is 1. The number of rotatable bonds is 2. The van der Waals surface area contributed by atoms with Crippen molar-refractivity contribution in [2.24, 2.45) is 4.99 Å². The average molecular weight is 256 g/mol. The Kier molecular flexibility index (Phi) is 3.16. The van der Waals surface area contributed by atoms with Crippen molar-refractivity contribution in [3.05, 3.63) is 70.7 Å². The Morgan fingerprint density at radius 3 is 2.39 bits per heavy atom. The zero-order valence-corrected chi connectivity index (χ0v) is 10.8. The van der Waals surface area contributed by atoms with Crippen LogP contribution in [0, 0.1) is 0 Å². The summed E-state index contributed by atoms with van der Waals surface area (Å²) < 4.78 is 0. The van der Waals surface area contributed by atoms with E-state index in [1.165, 1.54) is 16.8 Å². The lowest BCUT2D eigenvalue weighted by molar-refractivity contribution is 0.723. The van der Waals surface area contributed by atoms with Crippen LogP contribution in [0.1, 0.15) is 30.0 Å². The molecule has 0 bridgehead atoms. The second-order valence-electron chi connectivity index (χ2n) is 4.55. The predicted molar refractivity (Wildman–Crippen MR) is 76.4 cm³/mol. The molecular weight excluding hydrogens is 242 g/mol. The van der Waals surface area contributed by atoms with Crippen LogP contribution in [0.4, 0.5) is 0 Å². The summed E-state index contributed by atoms with van der Waals surface area (Å²) in [6.45, 7) is 0. The van der Waals surface area contributed by atoms with E-state index in [-0.39, 0.29) is 0 Å². The van der Waals surface area contributed by atoms with E-state index in [9.17, 15) is 0 Å². The second-order valence-corrected chi connectivity index (χ2v) is 4.98. The van der Waals surface area contributed by atoms with Gasteiger partial charge in [0.15, 0.2) is 0 Å². The van der Waals surface area contributed by atoms with Gasteiger partial charge < -0.3 is 0 Å². The Balaban J connectivity index is 1.86. The lowest BCUT2D eigenvalue weighted by Gasteiger charge is -2.05. The van der Waals surface area contributed by atoms with E-state index in [0.717, 1.165) is 17.9 Å². The van der Waals surface area contributed by atoms with Crippen molar-refractivity contribution in [3.63, 3.8) is 0 Å². The maximum Gasteiger partial charge on any atom is 0.0756 e. The van der Waals surface area contributed by atoms with Gasteiger partial charge in [-0.3, -0.25) is 4.99 Å². The summed E-state index contributed by atoms with van der Waals surface area (Å²) in [6, 6.07) is 18.8. The molecule has 1 unspecified atom stereocenters. The van der Waals surface area contributed by atoms with Crippen molar-refractivity contribution in [2.45, 2.75) is 18.9 Å². The van der Waals surface area contributed by atoms with E-state index >= 15 is 0 Å². The average Bonchev–Trinajstić information content (AvgIpc) is 2.90. The molecule has 0 aromatic heterocycles. The Bertz CT molecular complexity index is 557. The molecule has 0 amide bonds. The van der Waals surface area contributed by atoms with Crippen molar-refractivity contribution >= 4 is 17.3 Å². The molecule has 1 aliphatic rings. The van der Waals surface area contributed by atoms with E-state index in [1.54, 1.807) is 0 Å². The third kappa shape index (κ3) is 2.32. The zero-order chi connectivity index (χ0) is 12.4. The van der Waals surface area contributed by atoms with Crippen LogP contribution in [0.2, 0.25) is 5.02 Å². The molecule has 0 spiro atoms. The number of hydrogen-bond donors (Lipinski definition) is 0. The molecule has 1 atom stereocenters. The highest BCUT2D eigenvalue weighted by atomic mass is 35.5. The Hall–Kier alpha value is -1.60. The van der Waals surface area contributed by atoms with Crippen LogP contribution in [-0.4, -0.2) is 5.71 Å². The first kappa shape index (κ1) is 11.5. The molecular formula is C16H14ClN. The highest BCUT2D eigenvalue weighted by Crippen LogP contribution is 2.30. The molecule has 0 aliphatic carbocycles. The summed E-state index contributed by atoms with van der Waals surface area (Å²) in [5.41, 5.74) is 3.69. The lowest BCUT2D eigenvalue weighted by Crippen LogP contribution is -1.94. The first-order valence-corrected chi connectivity index (χ1v) is 6.58. The van der Waals surface area contributed by atoms with Gasteiger partial charge in [0.25, 0.3) is 0 Å². The predicted octanol–water partition coefficient (Wildman–Crippen LogP) is 4.66. The summed E-state index contributed by atoms with van der Waals surface area (Å²) in [7, 11) is 0. The minimum atomic E-state index is 0.317. The van der Waals surface area contributed by atoms with E-state index in [0.29, 0.717) is 6.04 Å². The quantitative estimate of drug-likeness (QED) is 0.740. The van der Waals surface area contributed by atoms with Crippen molar-refractivity contribution in [1.29, 1.82) is 0 Å². The van der Waals surface area contributed by atoms with E-state index < -0.39 is 0 Å². The first-order chi connectivity index (χ1) is 8.83. The molecule has 0 saturated carbocycles. The van der Waals surface area contributed by atoms with E-state index in [2.05, 4.69) is 36.4 Å². The summed E-state index contributed by atoms with van der Waals surface area (Å²) >= 11 is 5.90. The normalized spacial score (nSPS) is 18.7. The van der Waals surface area contributed by atoms with Gasteiger partial charge in [-0.2, -0.15) is 0 Å². The zero-order valence-electron chi connectivity index (χ0n) is 10.0. The van der Waals surface area contributed by atoms with Crippen LogP contribution in [0.3, 0.4) is 0 Å². The fourth-order valence-electron chi connectivity index (χ4n) is 2.37. The van der Waals surface area contributed by atoms with Gasteiger partial charge >= 0.3 is 0 Å². The lowest BCUT2D eigenvalue weighted by atomic mass is 10.0. The largest absolute Gasteiger partial charge is 0.281 e. The molecule has 2 aromatic carbocycles. The third-order valence-electron chi connectivity index (χ3n) is 3.33. The standard InChI is InChI=1S/C16H14ClN/c17-14-8-6-13(7-9-14)16-11-10-15(18-16)12-4-2-1-3-5-12/h1-9,15H,10-11H2. The molecule has 90 valence electrons. The van der Waals surface area contributed by atoms with Crippen LogP contribution in [0.25, 0.3) is 0 Å². The molecule has 1 heterocycles. The fourth-order valence-corrected chi connectivity index (χ4v) is 2.49. The van der Waals surface area contributed by atoms with Gasteiger partial charge in [0.2, 0.25) is 0 Å². The maximum absolute atomic E-state index is 5.90. The number of aliphatic imine (C=N–C) groups is 1. The van der Waals surface area contributed by atoms with Gasteiger partial charge in [-0.15, -0.1) is 0 Å². The molecule has 1 nitrogen and oxygen atoms in total. The molecule has 0 radical (unpaired) electrons. The van der Waals surface area contributed by atoms with E-state index in [1.807, 2.05) is 18.2 Å². The van der Waals surface area contributed by atoms with Crippen LogP contribution in [0.15, 0.2) is 59.6 Å². The Morgan fingerprint density at radius 1 is 0.944 bits per heavy atom. The van der Waals surface area contributed by atoms with Crippen molar-refractivity contribution in [3.8, 4) is 0 Å². The van der Waals surface area contributed by atoms with Gasteiger partial charge in [0.1, 0.15) is 0 Å². The molecule has 0 saturated heterocycles. The monoisotopic (exact) mass is 255 g/mol. The number of halogens is 1. The molecule has 0 fully saturated rings. The molecule has 3 rings (SSSR count). The maximum atomic E-state index is 5.90. The first-order valence-electron chi connectivity index (χ1n) is 6.20. The molecule has 2 heteroatoms. The third-order valence-corrected chi connectivity index (χ3v) is 3.58. The van der Waals surface area contributed by atoms with Gasteiger partial charge in [-0.1, -0.05) is 54.1 Å². The van der Waals surface area contributed by atoms with Crippen molar-refractivity contribution < 1.29 is 0 Å². The van der Waals surface area contributed by atoms with Crippen LogP contribution < -0.4 is 0 Å². The summed E-state index contributed by atoms with van der Waals surface area (Å²) in [5.74, 6) is 0. The molecule has 1 aliphatic heterocycles. The molecule has 18 heavy (non-hydrogen) atoms. The van der Waals surface area contributed by atoms with Gasteiger partial charge in [-0.05, 0) is 36.1 Å². The Morgan fingerprint density at radius 2 is 1.67 bits per heavy atom. The minimum Gasteiger partial charge on any atom is -0.281 e. The van der Waals surface area contributed by atoms with Crippen LogP contribution in [-0.2, 0) is 0 Å². The van der Waals surface area contributed by atoms with Crippen molar-refractivity contribution in [1.82, 2.24) is 0 Å². The highest BCUT2D eigenvalue weighted by molar-refractivity contribution is 6.30. The summed E-state index contributed by atoms with van der Waals surface area (Å²) in [6.07, 6.45) is 2.14.